The monoisotopic (exact) mass is 368 g/mol. The van der Waals surface area contributed by atoms with E-state index in [4.69, 9.17) is 4.74 Å². The predicted octanol–water partition coefficient (Wildman–Crippen LogP) is 2.29. The van der Waals surface area contributed by atoms with Gasteiger partial charge in [0.1, 0.15) is 17.3 Å². The summed E-state index contributed by atoms with van der Waals surface area (Å²) in [6, 6.07) is 8.59. The van der Waals surface area contributed by atoms with Crippen molar-refractivity contribution < 1.29 is 14.3 Å². The van der Waals surface area contributed by atoms with Crippen molar-refractivity contribution in [3.8, 4) is 0 Å². The van der Waals surface area contributed by atoms with Crippen LogP contribution < -0.4 is 10.6 Å². The van der Waals surface area contributed by atoms with E-state index in [1.54, 1.807) is 0 Å². The van der Waals surface area contributed by atoms with Gasteiger partial charge in [0.15, 0.2) is 6.04 Å². The molecule has 1 atom stereocenters. The van der Waals surface area contributed by atoms with Crippen molar-refractivity contribution in [2.45, 2.75) is 32.7 Å². The molecule has 0 radical (unpaired) electrons. The highest BCUT2D eigenvalue weighted by Gasteiger charge is 2.28. The molecule has 0 saturated carbocycles. The Morgan fingerprint density at radius 2 is 2.00 bits per heavy atom. The molecular formula is C20H24N4O3. The molecule has 2 heterocycles. The molecule has 3 rings (SSSR count). The SMILES string of the molecule is COC(=O)C(Nc1nc(CC(C)C)nc2c1CCNC2=O)c1ccccc1. The Labute approximate surface area is 158 Å². The number of carbonyl (C=O) groups excluding carboxylic acids is 2. The fourth-order valence-corrected chi connectivity index (χ4v) is 3.09. The molecule has 2 aromatic rings. The first-order chi connectivity index (χ1) is 13.0. The number of carbonyl (C=O) groups is 2. The minimum Gasteiger partial charge on any atom is -0.467 e. The van der Waals surface area contributed by atoms with Crippen molar-refractivity contribution >= 4 is 17.7 Å². The highest BCUT2D eigenvalue weighted by Crippen LogP contribution is 2.26. The zero-order valence-electron chi connectivity index (χ0n) is 15.8. The number of rotatable bonds is 6. The van der Waals surface area contributed by atoms with Gasteiger partial charge < -0.3 is 15.4 Å². The van der Waals surface area contributed by atoms with Crippen molar-refractivity contribution in [3.63, 3.8) is 0 Å². The van der Waals surface area contributed by atoms with E-state index < -0.39 is 12.0 Å². The van der Waals surface area contributed by atoms with Crippen LogP contribution >= 0.6 is 0 Å². The summed E-state index contributed by atoms with van der Waals surface area (Å²) in [5, 5.41) is 6.02. The molecule has 7 heteroatoms. The molecule has 1 aromatic carbocycles. The van der Waals surface area contributed by atoms with Crippen molar-refractivity contribution in [3.05, 3.63) is 53.0 Å². The third kappa shape index (κ3) is 4.24. The maximum atomic E-state index is 12.4. The molecule has 0 saturated heterocycles. The standard InChI is InChI=1S/C20H24N4O3/c1-12(2)11-15-22-17-14(9-10-21-19(17)25)18(23-15)24-16(20(26)27-3)13-7-5-4-6-8-13/h4-8,12,16H,9-11H2,1-3H3,(H,21,25)(H,22,23,24). The smallest absolute Gasteiger partial charge is 0.333 e. The minimum atomic E-state index is -0.716. The third-order valence-corrected chi connectivity index (χ3v) is 4.37. The summed E-state index contributed by atoms with van der Waals surface area (Å²) in [7, 11) is 1.35. The molecule has 27 heavy (non-hydrogen) atoms. The second-order valence-corrected chi connectivity index (χ2v) is 6.93. The molecule has 2 N–H and O–H groups in total. The maximum Gasteiger partial charge on any atom is 0.333 e. The van der Waals surface area contributed by atoms with Crippen LogP contribution in [0.4, 0.5) is 5.82 Å². The summed E-state index contributed by atoms with van der Waals surface area (Å²) in [6.45, 7) is 4.65. The van der Waals surface area contributed by atoms with E-state index in [0.717, 1.165) is 11.1 Å². The number of anilines is 1. The molecular weight excluding hydrogens is 344 g/mol. The topological polar surface area (TPSA) is 93.2 Å². The lowest BCUT2D eigenvalue weighted by molar-refractivity contribution is -0.141. The number of methoxy groups -OCH3 is 1. The van der Waals surface area contributed by atoms with Gasteiger partial charge in [0.2, 0.25) is 0 Å². The Bertz CT molecular complexity index is 837. The van der Waals surface area contributed by atoms with Gasteiger partial charge in [-0.2, -0.15) is 0 Å². The van der Waals surface area contributed by atoms with Gasteiger partial charge in [-0.05, 0) is 17.9 Å². The fourth-order valence-electron chi connectivity index (χ4n) is 3.09. The van der Waals surface area contributed by atoms with Crippen LogP contribution in [0, 0.1) is 5.92 Å². The first-order valence-electron chi connectivity index (χ1n) is 9.07. The Balaban J connectivity index is 2.04. The van der Waals surface area contributed by atoms with Gasteiger partial charge in [-0.1, -0.05) is 44.2 Å². The van der Waals surface area contributed by atoms with E-state index in [1.165, 1.54) is 7.11 Å². The van der Waals surface area contributed by atoms with E-state index in [0.29, 0.717) is 42.6 Å². The van der Waals surface area contributed by atoms with Crippen molar-refractivity contribution in [2.75, 3.05) is 19.0 Å². The van der Waals surface area contributed by atoms with Crippen LogP contribution in [-0.2, 0) is 22.4 Å². The number of amides is 1. The predicted molar refractivity (Wildman–Crippen MR) is 101 cm³/mol. The average molecular weight is 368 g/mol. The Hall–Kier alpha value is -2.96. The van der Waals surface area contributed by atoms with Crippen LogP contribution in [0.15, 0.2) is 30.3 Å². The second kappa shape index (κ2) is 8.16. The van der Waals surface area contributed by atoms with Gasteiger partial charge in [0.25, 0.3) is 5.91 Å². The largest absolute Gasteiger partial charge is 0.467 e. The molecule has 1 aliphatic heterocycles. The van der Waals surface area contributed by atoms with E-state index >= 15 is 0 Å². The second-order valence-electron chi connectivity index (χ2n) is 6.93. The van der Waals surface area contributed by atoms with Gasteiger partial charge >= 0.3 is 5.97 Å². The van der Waals surface area contributed by atoms with Crippen LogP contribution in [0.1, 0.15) is 47.3 Å². The van der Waals surface area contributed by atoms with E-state index in [-0.39, 0.29) is 5.91 Å². The lowest BCUT2D eigenvalue weighted by Crippen LogP contribution is -2.35. The van der Waals surface area contributed by atoms with Crippen LogP contribution in [-0.4, -0.2) is 35.5 Å². The number of hydrogen-bond donors (Lipinski definition) is 2. The van der Waals surface area contributed by atoms with E-state index in [1.807, 2.05) is 30.3 Å². The molecule has 1 amide bonds. The number of ether oxygens (including phenoxy) is 1. The van der Waals surface area contributed by atoms with Crippen molar-refractivity contribution in [1.29, 1.82) is 0 Å². The van der Waals surface area contributed by atoms with Gasteiger partial charge in [0.05, 0.1) is 7.11 Å². The molecule has 142 valence electrons. The summed E-state index contributed by atoms with van der Waals surface area (Å²) in [4.78, 5) is 33.8. The van der Waals surface area contributed by atoms with Crippen LogP contribution in [0.5, 0.6) is 0 Å². The summed E-state index contributed by atoms with van der Waals surface area (Å²) >= 11 is 0. The zero-order chi connectivity index (χ0) is 19.4. The Morgan fingerprint density at radius 3 is 2.67 bits per heavy atom. The molecule has 1 unspecified atom stereocenters. The minimum absolute atomic E-state index is 0.207. The normalized spacial score (nSPS) is 14.3. The van der Waals surface area contributed by atoms with Gasteiger partial charge in [0, 0.05) is 18.5 Å². The van der Waals surface area contributed by atoms with Gasteiger partial charge in [-0.25, -0.2) is 14.8 Å². The highest BCUT2D eigenvalue weighted by atomic mass is 16.5. The summed E-state index contributed by atoms with van der Waals surface area (Å²) in [5.74, 6) is 0.818. The molecule has 1 aromatic heterocycles. The van der Waals surface area contributed by atoms with Crippen molar-refractivity contribution in [1.82, 2.24) is 15.3 Å². The maximum absolute atomic E-state index is 12.4. The first kappa shape index (κ1) is 18.8. The lowest BCUT2D eigenvalue weighted by Gasteiger charge is -2.23. The molecule has 0 fully saturated rings. The molecule has 1 aliphatic rings. The van der Waals surface area contributed by atoms with Gasteiger partial charge in [-0.3, -0.25) is 4.79 Å². The molecule has 0 aliphatic carbocycles. The molecule has 0 bridgehead atoms. The van der Waals surface area contributed by atoms with E-state index in [9.17, 15) is 9.59 Å². The quantitative estimate of drug-likeness (QED) is 0.760. The van der Waals surface area contributed by atoms with Crippen molar-refractivity contribution in [2.24, 2.45) is 5.92 Å². The summed E-state index contributed by atoms with van der Waals surface area (Å²) in [5.41, 5.74) is 1.88. The Kier molecular flexibility index (Phi) is 5.69. The number of nitrogens with one attached hydrogen (secondary N) is 2. The van der Waals surface area contributed by atoms with Crippen LogP contribution in [0.2, 0.25) is 0 Å². The van der Waals surface area contributed by atoms with Crippen LogP contribution in [0.3, 0.4) is 0 Å². The number of aromatic nitrogens is 2. The summed E-state index contributed by atoms with van der Waals surface area (Å²) < 4.78 is 4.97. The molecule has 0 spiro atoms. The van der Waals surface area contributed by atoms with Crippen LogP contribution in [0.25, 0.3) is 0 Å². The van der Waals surface area contributed by atoms with Gasteiger partial charge in [-0.15, -0.1) is 0 Å². The number of nitrogens with zero attached hydrogens (tertiary/aromatic N) is 2. The van der Waals surface area contributed by atoms with E-state index in [2.05, 4.69) is 34.4 Å². The summed E-state index contributed by atoms with van der Waals surface area (Å²) in [6.07, 6.45) is 1.25. The number of esters is 1. The fraction of sp³-hybridized carbons (Fsp3) is 0.400. The Morgan fingerprint density at radius 1 is 1.26 bits per heavy atom. The zero-order valence-corrected chi connectivity index (χ0v) is 15.8. The number of hydrogen-bond acceptors (Lipinski definition) is 6. The third-order valence-electron chi connectivity index (χ3n) is 4.37. The molecule has 7 nitrogen and oxygen atoms in total. The first-order valence-corrected chi connectivity index (χ1v) is 9.07. The number of fused-ring (bicyclic) bond motifs is 1. The number of benzene rings is 1. The highest BCUT2D eigenvalue weighted by molar-refractivity contribution is 5.96. The lowest BCUT2D eigenvalue weighted by atomic mass is 10.0. The average Bonchev–Trinajstić information content (AvgIpc) is 2.66.